The van der Waals surface area contributed by atoms with Crippen molar-refractivity contribution < 1.29 is 9.59 Å². The predicted octanol–water partition coefficient (Wildman–Crippen LogP) is 1.80. The lowest BCUT2D eigenvalue weighted by molar-refractivity contribution is -0.123. The van der Waals surface area contributed by atoms with Crippen LogP contribution in [-0.4, -0.2) is 36.3 Å². The Bertz CT molecular complexity index is 245. The Kier molecular flexibility index (Phi) is 5.29. The number of nitrogens with one attached hydrogen (secondary N) is 1. The van der Waals surface area contributed by atoms with Gasteiger partial charge in [0.15, 0.2) is 0 Å². The molecule has 16 heavy (non-hydrogen) atoms. The summed E-state index contributed by atoms with van der Waals surface area (Å²) >= 11 is 0. The second-order valence-corrected chi connectivity index (χ2v) is 4.31. The number of hydrogen-bond donors (Lipinski definition) is 1. The van der Waals surface area contributed by atoms with Gasteiger partial charge in [-0.05, 0) is 19.3 Å². The Morgan fingerprint density at radius 3 is 2.38 bits per heavy atom. The molecule has 0 saturated carbocycles. The van der Waals surface area contributed by atoms with Gasteiger partial charge in [-0.25, -0.2) is 4.79 Å². The van der Waals surface area contributed by atoms with E-state index in [0.29, 0.717) is 25.3 Å². The second kappa shape index (κ2) is 6.51. The number of Topliss-reactive ketones (excluding diaryl/α,β-unsaturated/α-hetero) is 1. The SMILES string of the molecule is CCCNC(=O)N1CCC(C(=O)CC)CC1. The fraction of sp³-hybridized carbons (Fsp3) is 0.833. The van der Waals surface area contributed by atoms with Crippen molar-refractivity contribution in [1.82, 2.24) is 10.2 Å². The summed E-state index contributed by atoms with van der Waals surface area (Å²) in [7, 11) is 0. The van der Waals surface area contributed by atoms with Crippen LogP contribution in [0.3, 0.4) is 0 Å². The van der Waals surface area contributed by atoms with Gasteiger partial charge in [0.25, 0.3) is 0 Å². The van der Waals surface area contributed by atoms with Crippen molar-refractivity contribution in [2.24, 2.45) is 5.92 Å². The summed E-state index contributed by atoms with van der Waals surface area (Å²) in [5.41, 5.74) is 0. The molecule has 4 heteroatoms. The smallest absolute Gasteiger partial charge is 0.317 e. The number of hydrogen-bond acceptors (Lipinski definition) is 2. The molecule has 2 amide bonds. The summed E-state index contributed by atoms with van der Waals surface area (Å²) in [6, 6.07) is 0.0178. The van der Waals surface area contributed by atoms with Crippen molar-refractivity contribution in [2.75, 3.05) is 19.6 Å². The highest BCUT2D eigenvalue weighted by atomic mass is 16.2. The van der Waals surface area contributed by atoms with Gasteiger partial charge in [0, 0.05) is 32.0 Å². The first-order valence-electron chi connectivity index (χ1n) is 6.24. The zero-order valence-corrected chi connectivity index (χ0v) is 10.3. The van der Waals surface area contributed by atoms with E-state index in [1.54, 1.807) is 0 Å². The maximum atomic E-state index is 11.6. The maximum absolute atomic E-state index is 11.6. The Labute approximate surface area is 97.4 Å². The molecule has 1 fully saturated rings. The molecule has 0 unspecified atom stereocenters. The summed E-state index contributed by atoms with van der Waals surface area (Å²) in [6.45, 7) is 6.10. The zero-order chi connectivity index (χ0) is 12.0. The molecule has 0 aromatic heterocycles. The topological polar surface area (TPSA) is 49.4 Å². The van der Waals surface area contributed by atoms with Gasteiger partial charge in [0.05, 0.1) is 0 Å². The maximum Gasteiger partial charge on any atom is 0.317 e. The van der Waals surface area contributed by atoms with Crippen LogP contribution in [0.4, 0.5) is 4.79 Å². The summed E-state index contributed by atoms with van der Waals surface area (Å²) in [5.74, 6) is 0.522. The second-order valence-electron chi connectivity index (χ2n) is 4.31. The van der Waals surface area contributed by atoms with Crippen molar-refractivity contribution in [3.63, 3.8) is 0 Å². The summed E-state index contributed by atoms with van der Waals surface area (Å²) in [6.07, 6.45) is 3.22. The third-order valence-corrected chi connectivity index (χ3v) is 3.11. The quantitative estimate of drug-likeness (QED) is 0.794. The molecule has 0 aromatic rings. The van der Waals surface area contributed by atoms with E-state index in [2.05, 4.69) is 5.32 Å². The molecule has 0 atom stereocenters. The van der Waals surface area contributed by atoms with Crippen molar-refractivity contribution in [2.45, 2.75) is 39.5 Å². The lowest BCUT2D eigenvalue weighted by atomic mass is 9.91. The van der Waals surface area contributed by atoms with Gasteiger partial charge in [-0.2, -0.15) is 0 Å². The molecule has 4 nitrogen and oxygen atoms in total. The highest BCUT2D eigenvalue weighted by Gasteiger charge is 2.25. The number of carbonyl (C=O) groups excluding carboxylic acids is 2. The fourth-order valence-corrected chi connectivity index (χ4v) is 2.04. The summed E-state index contributed by atoms with van der Waals surface area (Å²) in [4.78, 5) is 24.9. The van der Waals surface area contributed by atoms with Crippen LogP contribution in [0, 0.1) is 5.92 Å². The number of amides is 2. The minimum Gasteiger partial charge on any atom is -0.338 e. The van der Waals surface area contributed by atoms with Gasteiger partial charge in [0.2, 0.25) is 0 Å². The monoisotopic (exact) mass is 226 g/mol. The molecule has 1 rings (SSSR count). The molecule has 1 N–H and O–H groups in total. The van der Waals surface area contributed by atoms with E-state index in [0.717, 1.165) is 25.8 Å². The predicted molar refractivity (Wildman–Crippen MR) is 63.3 cm³/mol. The van der Waals surface area contributed by atoms with E-state index in [4.69, 9.17) is 0 Å². The average molecular weight is 226 g/mol. The van der Waals surface area contributed by atoms with Crippen LogP contribution in [0.25, 0.3) is 0 Å². The van der Waals surface area contributed by atoms with Gasteiger partial charge in [-0.15, -0.1) is 0 Å². The first-order chi connectivity index (χ1) is 7.69. The van der Waals surface area contributed by atoms with Crippen molar-refractivity contribution in [1.29, 1.82) is 0 Å². The molecule has 1 heterocycles. The van der Waals surface area contributed by atoms with E-state index in [1.807, 2.05) is 18.7 Å². The molecule has 0 aliphatic carbocycles. The lowest BCUT2D eigenvalue weighted by Gasteiger charge is -2.31. The summed E-state index contributed by atoms with van der Waals surface area (Å²) in [5, 5.41) is 2.86. The third kappa shape index (κ3) is 3.51. The first-order valence-corrected chi connectivity index (χ1v) is 6.24. The molecule has 0 spiro atoms. The molecule has 0 bridgehead atoms. The minimum atomic E-state index is 0.0178. The Balaban J connectivity index is 2.31. The van der Waals surface area contributed by atoms with Gasteiger partial charge in [-0.3, -0.25) is 4.79 Å². The fourth-order valence-electron chi connectivity index (χ4n) is 2.04. The molecule has 92 valence electrons. The van der Waals surface area contributed by atoms with Crippen LogP contribution in [0.5, 0.6) is 0 Å². The summed E-state index contributed by atoms with van der Waals surface area (Å²) < 4.78 is 0. The van der Waals surface area contributed by atoms with Gasteiger partial charge in [0.1, 0.15) is 5.78 Å². The molecule has 1 saturated heterocycles. The standard InChI is InChI=1S/C12H22N2O2/c1-3-7-13-12(16)14-8-5-10(6-9-14)11(15)4-2/h10H,3-9H2,1-2H3,(H,13,16). The van der Waals surface area contributed by atoms with Crippen LogP contribution in [0.1, 0.15) is 39.5 Å². The zero-order valence-electron chi connectivity index (χ0n) is 10.3. The first kappa shape index (κ1) is 13.0. The van der Waals surface area contributed by atoms with E-state index in [1.165, 1.54) is 0 Å². The molecule has 0 radical (unpaired) electrons. The highest BCUT2D eigenvalue weighted by Crippen LogP contribution is 2.19. The minimum absolute atomic E-state index is 0.0178. The van der Waals surface area contributed by atoms with E-state index < -0.39 is 0 Å². The number of carbonyl (C=O) groups is 2. The average Bonchev–Trinajstić information content (AvgIpc) is 2.35. The van der Waals surface area contributed by atoms with Crippen molar-refractivity contribution in [3.05, 3.63) is 0 Å². The molecule has 1 aliphatic rings. The van der Waals surface area contributed by atoms with Gasteiger partial charge < -0.3 is 10.2 Å². The molecule has 0 aromatic carbocycles. The van der Waals surface area contributed by atoms with E-state index >= 15 is 0 Å². The number of rotatable bonds is 4. The Morgan fingerprint density at radius 1 is 1.25 bits per heavy atom. The molecular formula is C12H22N2O2. The van der Waals surface area contributed by atoms with Crippen LogP contribution in [0.2, 0.25) is 0 Å². The largest absolute Gasteiger partial charge is 0.338 e. The van der Waals surface area contributed by atoms with E-state index in [9.17, 15) is 9.59 Å². The number of nitrogens with zero attached hydrogens (tertiary/aromatic N) is 1. The Hall–Kier alpha value is -1.06. The highest BCUT2D eigenvalue weighted by molar-refractivity contribution is 5.81. The molecular weight excluding hydrogens is 204 g/mol. The van der Waals surface area contributed by atoms with Crippen molar-refractivity contribution in [3.8, 4) is 0 Å². The van der Waals surface area contributed by atoms with Gasteiger partial charge in [-0.1, -0.05) is 13.8 Å². The molecule has 1 aliphatic heterocycles. The van der Waals surface area contributed by atoms with E-state index in [-0.39, 0.29) is 11.9 Å². The van der Waals surface area contributed by atoms with Crippen LogP contribution >= 0.6 is 0 Å². The Morgan fingerprint density at radius 2 is 1.88 bits per heavy atom. The normalized spacial score (nSPS) is 17.2. The van der Waals surface area contributed by atoms with Crippen LogP contribution in [0.15, 0.2) is 0 Å². The number of likely N-dealkylation sites (tertiary alicyclic amines) is 1. The number of piperidine rings is 1. The number of ketones is 1. The van der Waals surface area contributed by atoms with Crippen molar-refractivity contribution >= 4 is 11.8 Å². The third-order valence-electron chi connectivity index (χ3n) is 3.11. The lowest BCUT2D eigenvalue weighted by Crippen LogP contribution is -2.45. The van der Waals surface area contributed by atoms with Gasteiger partial charge >= 0.3 is 6.03 Å². The number of urea groups is 1. The van der Waals surface area contributed by atoms with Crippen LogP contribution in [-0.2, 0) is 4.79 Å². The van der Waals surface area contributed by atoms with Crippen LogP contribution < -0.4 is 5.32 Å².